The van der Waals surface area contributed by atoms with E-state index in [1.54, 1.807) is 12.1 Å². The number of sulfone groups is 1. The summed E-state index contributed by atoms with van der Waals surface area (Å²) in [5, 5.41) is 2.21. The molecule has 2 aromatic heterocycles. The van der Waals surface area contributed by atoms with Crippen molar-refractivity contribution in [3.8, 4) is 0 Å². The van der Waals surface area contributed by atoms with Crippen molar-refractivity contribution in [3.05, 3.63) is 87.7 Å². The highest BCUT2D eigenvalue weighted by Crippen LogP contribution is 2.42. The van der Waals surface area contributed by atoms with Gasteiger partial charge in [-0.15, -0.1) is 11.3 Å². The van der Waals surface area contributed by atoms with E-state index >= 15 is 0 Å². The Kier molecular flexibility index (Phi) is 4.44. The first kappa shape index (κ1) is 18.0. The summed E-state index contributed by atoms with van der Waals surface area (Å²) in [5.74, 6) is 0. The molecule has 1 atom stereocenters. The molecule has 4 aromatic rings. The molecule has 0 aliphatic carbocycles. The second-order valence-electron chi connectivity index (χ2n) is 6.83. The van der Waals surface area contributed by atoms with E-state index in [2.05, 4.69) is 4.57 Å². The predicted molar refractivity (Wildman–Crippen MR) is 112 cm³/mol. The van der Waals surface area contributed by atoms with Crippen molar-refractivity contribution in [1.82, 2.24) is 4.57 Å². The van der Waals surface area contributed by atoms with Crippen LogP contribution in [0.15, 0.2) is 70.9 Å². The Morgan fingerprint density at radius 1 is 0.926 bits per heavy atom. The molecule has 0 bridgehead atoms. The lowest BCUT2D eigenvalue weighted by Crippen LogP contribution is -2.15. The number of aryl methyl sites for hydroxylation is 2. The van der Waals surface area contributed by atoms with Crippen molar-refractivity contribution < 1.29 is 8.42 Å². The second kappa shape index (κ2) is 6.66. The van der Waals surface area contributed by atoms with Crippen LogP contribution >= 0.6 is 11.3 Å². The number of nitrogens with zero attached hydrogens (tertiary/aromatic N) is 1. The van der Waals surface area contributed by atoms with Gasteiger partial charge in [-0.2, -0.15) is 0 Å². The van der Waals surface area contributed by atoms with Gasteiger partial charge in [0.2, 0.25) is 0 Å². The Morgan fingerprint density at radius 2 is 1.63 bits per heavy atom. The van der Waals surface area contributed by atoms with E-state index in [9.17, 15) is 8.42 Å². The third-order valence-electron chi connectivity index (χ3n) is 5.17. The van der Waals surface area contributed by atoms with E-state index in [1.165, 1.54) is 11.3 Å². The summed E-state index contributed by atoms with van der Waals surface area (Å²) in [6, 6.07) is 19.0. The highest BCUT2D eigenvalue weighted by Gasteiger charge is 2.35. The van der Waals surface area contributed by atoms with Gasteiger partial charge in [0, 0.05) is 34.1 Å². The molecule has 5 heteroatoms. The van der Waals surface area contributed by atoms with Gasteiger partial charge in [0.1, 0.15) is 5.25 Å². The summed E-state index contributed by atoms with van der Waals surface area (Å²) >= 11 is 1.49. The first-order chi connectivity index (χ1) is 12.9. The molecule has 1 unspecified atom stereocenters. The van der Waals surface area contributed by atoms with Gasteiger partial charge < -0.3 is 4.57 Å². The Hall–Kier alpha value is -2.37. The van der Waals surface area contributed by atoms with E-state index in [4.69, 9.17) is 0 Å². The minimum absolute atomic E-state index is 0.360. The van der Waals surface area contributed by atoms with Crippen LogP contribution in [0.1, 0.15) is 26.9 Å². The van der Waals surface area contributed by atoms with Crippen LogP contribution in [0.3, 0.4) is 0 Å². The molecule has 0 spiro atoms. The Labute approximate surface area is 163 Å². The molecular weight excluding hydrogens is 374 g/mol. The van der Waals surface area contributed by atoms with Gasteiger partial charge in [-0.05, 0) is 43.5 Å². The van der Waals surface area contributed by atoms with Crippen LogP contribution in [-0.4, -0.2) is 13.0 Å². The Morgan fingerprint density at radius 3 is 2.30 bits per heavy atom. The van der Waals surface area contributed by atoms with Crippen LogP contribution in [0.4, 0.5) is 0 Å². The fourth-order valence-corrected chi connectivity index (χ4v) is 6.68. The fourth-order valence-electron chi connectivity index (χ4n) is 3.64. The molecule has 0 N–H and O–H groups in total. The SMILES string of the molecule is Cc1ccc(S(=O)(=O)C(c2cccs2)c2c(C)n(C)c3ccccc23)cc1. The van der Waals surface area contributed by atoms with E-state index < -0.39 is 15.1 Å². The maximum atomic E-state index is 13.7. The van der Waals surface area contributed by atoms with Crippen molar-refractivity contribution in [2.75, 3.05) is 0 Å². The Bertz CT molecular complexity index is 1200. The first-order valence-electron chi connectivity index (χ1n) is 8.79. The molecule has 0 saturated carbocycles. The number of aromatic nitrogens is 1. The van der Waals surface area contributed by atoms with Gasteiger partial charge in [-0.25, -0.2) is 8.42 Å². The predicted octanol–water partition coefficient (Wildman–Crippen LogP) is 5.42. The summed E-state index contributed by atoms with van der Waals surface area (Å²) in [5.41, 5.74) is 3.94. The topological polar surface area (TPSA) is 39.1 Å². The number of hydrogen-bond donors (Lipinski definition) is 0. The number of para-hydroxylation sites is 1. The van der Waals surface area contributed by atoms with Crippen LogP contribution in [0, 0.1) is 13.8 Å². The molecule has 4 rings (SSSR count). The van der Waals surface area contributed by atoms with Crippen molar-refractivity contribution in [3.63, 3.8) is 0 Å². The maximum absolute atomic E-state index is 13.7. The zero-order chi connectivity index (χ0) is 19.2. The highest BCUT2D eigenvalue weighted by molar-refractivity contribution is 7.92. The summed E-state index contributed by atoms with van der Waals surface area (Å²) in [4.78, 5) is 1.20. The zero-order valence-electron chi connectivity index (χ0n) is 15.5. The van der Waals surface area contributed by atoms with E-state index in [1.807, 2.05) is 74.8 Å². The average Bonchev–Trinajstić information content (AvgIpc) is 3.26. The minimum atomic E-state index is -3.60. The third kappa shape index (κ3) is 2.91. The van der Waals surface area contributed by atoms with Gasteiger partial charge in [0.25, 0.3) is 0 Å². The quantitative estimate of drug-likeness (QED) is 0.463. The third-order valence-corrected chi connectivity index (χ3v) is 8.30. The summed E-state index contributed by atoms with van der Waals surface area (Å²) < 4.78 is 29.6. The van der Waals surface area contributed by atoms with Gasteiger partial charge in [-0.1, -0.05) is 42.0 Å². The lowest BCUT2D eigenvalue weighted by molar-refractivity contribution is 0.589. The monoisotopic (exact) mass is 395 g/mol. The molecule has 0 amide bonds. The fraction of sp³-hybridized carbons (Fsp3) is 0.182. The van der Waals surface area contributed by atoms with Gasteiger partial charge in [0.05, 0.1) is 4.90 Å². The normalized spacial score (nSPS) is 13.1. The zero-order valence-corrected chi connectivity index (χ0v) is 17.1. The highest BCUT2D eigenvalue weighted by atomic mass is 32.2. The molecule has 0 saturated heterocycles. The summed E-state index contributed by atoms with van der Waals surface area (Å²) in [6.07, 6.45) is 0. The van der Waals surface area contributed by atoms with Crippen molar-refractivity contribution in [2.24, 2.45) is 7.05 Å². The largest absolute Gasteiger partial charge is 0.348 e. The lowest BCUT2D eigenvalue weighted by atomic mass is 10.1. The lowest BCUT2D eigenvalue weighted by Gasteiger charge is -2.18. The molecule has 2 heterocycles. The molecule has 0 fully saturated rings. The summed E-state index contributed by atoms with van der Waals surface area (Å²) in [7, 11) is -1.61. The standard InChI is InChI=1S/C22H21NO2S2/c1-15-10-12-17(13-11-15)27(24,25)22(20-9-6-14-26-20)21-16(2)23(3)19-8-5-4-7-18(19)21/h4-14,22H,1-3H3. The molecule has 3 nitrogen and oxygen atoms in total. The number of thiophene rings is 1. The van der Waals surface area contributed by atoms with Gasteiger partial charge in [0.15, 0.2) is 9.84 Å². The van der Waals surface area contributed by atoms with E-state index in [-0.39, 0.29) is 0 Å². The number of fused-ring (bicyclic) bond motifs is 1. The molecule has 0 aliphatic heterocycles. The summed E-state index contributed by atoms with van der Waals surface area (Å²) in [6.45, 7) is 3.96. The molecule has 2 aromatic carbocycles. The molecular formula is C22H21NO2S2. The number of benzene rings is 2. The van der Waals surface area contributed by atoms with Crippen molar-refractivity contribution in [1.29, 1.82) is 0 Å². The van der Waals surface area contributed by atoms with Gasteiger partial charge in [-0.3, -0.25) is 0 Å². The smallest absolute Gasteiger partial charge is 0.190 e. The van der Waals surface area contributed by atoms with Crippen LogP contribution in [0.2, 0.25) is 0 Å². The first-order valence-corrected chi connectivity index (χ1v) is 11.2. The van der Waals surface area contributed by atoms with E-state index in [0.29, 0.717) is 4.90 Å². The van der Waals surface area contributed by atoms with Gasteiger partial charge >= 0.3 is 0 Å². The van der Waals surface area contributed by atoms with Crippen LogP contribution in [0.5, 0.6) is 0 Å². The van der Waals surface area contributed by atoms with E-state index in [0.717, 1.165) is 32.6 Å². The molecule has 27 heavy (non-hydrogen) atoms. The molecule has 0 aliphatic rings. The molecule has 138 valence electrons. The van der Waals surface area contributed by atoms with Crippen LogP contribution in [-0.2, 0) is 16.9 Å². The van der Waals surface area contributed by atoms with Crippen molar-refractivity contribution in [2.45, 2.75) is 24.0 Å². The number of rotatable bonds is 4. The maximum Gasteiger partial charge on any atom is 0.190 e. The minimum Gasteiger partial charge on any atom is -0.348 e. The van der Waals surface area contributed by atoms with Crippen LogP contribution in [0.25, 0.3) is 10.9 Å². The molecule has 0 radical (unpaired) electrons. The Balaban J connectivity index is 2.03. The van der Waals surface area contributed by atoms with Crippen molar-refractivity contribution >= 4 is 32.1 Å². The number of hydrogen-bond acceptors (Lipinski definition) is 3. The second-order valence-corrected chi connectivity index (χ2v) is 9.84. The van der Waals surface area contributed by atoms with Crippen LogP contribution < -0.4 is 0 Å². The average molecular weight is 396 g/mol.